The van der Waals surface area contributed by atoms with E-state index in [1.54, 1.807) is 7.11 Å². The fourth-order valence-corrected chi connectivity index (χ4v) is 2.69. The molecule has 114 valence electrons. The fourth-order valence-electron chi connectivity index (χ4n) is 1.78. The number of nitrogens with one attached hydrogen (secondary N) is 1. The number of nitrogens with two attached hydrogens (primary N) is 1. The Balaban J connectivity index is 2.78. The minimum atomic E-state index is -0.175. The molecule has 0 aliphatic rings. The summed E-state index contributed by atoms with van der Waals surface area (Å²) in [6, 6.07) is 0.00588. The number of carbonyl (C=O) groups is 1. The van der Waals surface area contributed by atoms with Gasteiger partial charge in [0.05, 0.1) is 12.6 Å². The van der Waals surface area contributed by atoms with Crippen molar-refractivity contribution in [3.05, 3.63) is 4.88 Å². The summed E-state index contributed by atoms with van der Waals surface area (Å²) in [4.78, 5) is 18.9. The molecule has 20 heavy (non-hydrogen) atoms. The molecule has 1 unspecified atom stereocenters. The van der Waals surface area contributed by atoms with E-state index in [4.69, 9.17) is 10.5 Å². The Hall–Kier alpha value is -1.34. The highest BCUT2D eigenvalue weighted by atomic mass is 32.1. The quantitative estimate of drug-likeness (QED) is 0.764. The van der Waals surface area contributed by atoms with Crippen LogP contribution in [-0.4, -0.2) is 44.2 Å². The molecule has 0 aliphatic heterocycles. The summed E-state index contributed by atoms with van der Waals surface area (Å²) >= 11 is 1.32. The Labute approximate surface area is 124 Å². The summed E-state index contributed by atoms with van der Waals surface area (Å²) in [6.07, 6.45) is 1.86. The number of methoxy groups -OCH3 is 1. The van der Waals surface area contributed by atoms with Crippen LogP contribution in [0.5, 0.6) is 0 Å². The highest BCUT2D eigenvalue weighted by Gasteiger charge is 2.20. The Morgan fingerprint density at radius 1 is 1.55 bits per heavy atom. The van der Waals surface area contributed by atoms with Crippen molar-refractivity contribution in [2.45, 2.75) is 32.7 Å². The van der Waals surface area contributed by atoms with Gasteiger partial charge in [0.25, 0.3) is 5.91 Å². The molecule has 0 aromatic carbocycles. The van der Waals surface area contributed by atoms with Crippen molar-refractivity contribution < 1.29 is 9.53 Å². The molecule has 0 aliphatic carbocycles. The molecule has 0 saturated heterocycles. The molecule has 1 amide bonds. The highest BCUT2D eigenvalue weighted by molar-refractivity contribution is 7.18. The molecule has 0 spiro atoms. The predicted molar refractivity (Wildman–Crippen MR) is 83.5 cm³/mol. The zero-order valence-corrected chi connectivity index (χ0v) is 13.4. The van der Waals surface area contributed by atoms with Crippen molar-refractivity contribution in [2.75, 3.05) is 37.9 Å². The lowest BCUT2D eigenvalue weighted by Gasteiger charge is -2.16. The fraction of sp³-hybridized carbons (Fsp3) is 0.692. The Morgan fingerprint density at radius 2 is 2.25 bits per heavy atom. The molecule has 1 aromatic heterocycles. The molecule has 7 heteroatoms. The smallest absolute Gasteiger partial charge is 0.265 e. The molecule has 0 bridgehead atoms. The Kier molecular flexibility index (Phi) is 6.74. The van der Waals surface area contributed by atoms with E-state index < -0.39 is 0 Å². The van der Waals surface area contributed by atoms with Crippen molar-refractivity contribution >= 4 is 28.2 Å². The van der Waals surface area contributed by atoms with Gasteiger partial charge in [-0.2, -0.15) is 0 Å². The van der Waals surface area contributed by atoms with Gasteiger partial charge in [-0.1, -0.05) is 24.7 Å². The highest BCUT2D eigenvalue weighted by Crippen LogP contribution is 2.27. The van der Waals surface area contributed by atoms with Gasteiger partial charge < -0.3 is 20.7 Å². The van der Waals surface area contributed by atoms with Gasteiger partial charge >= 0.3 is 0 Å². The largest absolute Gasteiger partial charge is 0.383 e. The van der Waals surface area contributed by atoms with Gasteiger partial charge in [0.1, 0.15) is 10.7 Å². The Morgan fingerprint density at radius 3 is 2.80 bits per heavy atom. The third-order valence-corrected chi connectivity index (χ3v) is 4.17. The number of anilines is 2. The van der Waals surface area contributed by atoms with Crippen molar-refractivity contribution in [3.8, 4) is 0 Å². The minimum absolute atomic E-state index is 0.00588. The van der Waals surface area contributed by atoms with E-state index in [9.17, 15) is 4.79 Å². The van der Waals surface area contributed by atoms with E-state index in [-0.39, 0.29) is 17.8 Å². The maximum atomic E-state index is 12.3. The average molecular weight is 300 g/mol. The van der Waals surface area contributed by atoms with E-state index in [1.807, 2.05) is 18.9 Å². The molecule has 1 atom stereocenters. The summed E-state index contributed by atoms with van der Waals surface area (Å²) in [5, 5.41) is 3.71. The second kappa shape index (κ2) is 8.06. The number of thiazole rings is 1. The lowest BCUT2D eigenvalue weighted by Crippen LogP contribution is -2.37. The van der Waals surface area contributed by atoms with Gasteiger partial charge in [-0.15, -0.1) is 0 Å². The van der Waals surface area contributed by atoms with Crippen LogP contribution in [-0.2, 0) is 4.74 Å². The maximum absolute atomic E-state index is 12.3. The molecule has 1 aromatic rings. The van der Waals surface area contributed by atoms with Crippen LogP contribution in [0.1, 0.15) is 36.4 Å². The topological polar surface area (TPSA) is 80.5 Å². The van der Waals surface area contributed by atoms with Gasteiger partial charge in [0, 0.05) is 20.7 Å². The second-order valence-corrected chi connectivity index (χ2v) is 5.62. The van der Waals surface area contributed by atoms with Crippen LogP contribution in [0.3, 0.4) is 0 Å². The zero-order valence-electron chi connectivity index (χ0n) is 12.6. The van der Waals surface area contributed by atoms with Crippen LogP contribution in [0.25, 0.3) is 0 Å². The number of nitrogens with zero attached hydrogens (tertiary/aromatic N) is 2. The van der Waals surface area contributed by atoms with Crippen LogP contribution >= 0.6 is 11.3 Å². The zero-order chi connectivity index (χ0) is 15.1. The number of rotatable bonds is 8. The number of hydrogen-bond donors (Lipinski definition) is 2. The molecule has 0 fully saturated rings. The molecular weight excluding hydrogens is 276 g/mol. The van der Waals surface area contributed by atoms with Gasteiger partial charge in [-0.25, -0.2) is 4.98 Å². The van der Waals surface area contributed by atoms with Gasteiger partial charge in [0.2, 0.25) is 0 Å². The van der Waals surface area contributed by atoms with E-state index in [0.29, 0.717) is 11.5 Å². The third-order valence-electron chi connectivity index (χ3n) is 2.99. The third kappa shape index (κ3) is 4.35. The SMILES string of the molecule is CCCC(COC)NC(=O)c1sc(N(C)CC)nc1N. The lowest BCUT2D eigenvalue weighted by molar-refractivity contribution is 0.0896. The first-order valence-electron chi connectivity index (χ1n) is 6.80. The van der Waals surface area contributed by atoms with E-state index in [1.165, 1.54) is 11.3 Å². The first-order valence-corrected chi connectivity index (χ1v) is 7.62. The monoisotopic (exact) mass is 300 g/mol. The second-order valence-electron chi connectivity index (χ2n) is 4.64. The predicted octanol–water partition coefficient (Wildman–Crippen LogP) is 1.73. The summed E-state index contributed by atoms with van der Waals surface area (Å²) in [5.41, 5.74) is 5.84. The van der Waals surface area contributed by atoms with E-state index >= 15 is 0 Å². The molecule has 0 saturated carbocycles. The van der Waals surface area contributed by atoms with Gasteiger partial charge in [-0.05, 0) is 13.3 Å². The summed E-state index contributed by atoms with van der Waals surface area (Å²) in [5.74, 6) is 0.113. The standard InChI is InChI=1S/C13H24N4O2S/c1-5-7-9(8-19-4)15-12(18)10-11(14)16-13(20-10)17(3)6-2/h9H,5-8,14H2,1-4H3,(H,15,18). The minimum Gasteiger partial charge on any atom is -0.383 e. The molecule has 0 radical (unpaired) electrons. The number of aromatic nitrogens is 1. The number of ether oxygens (including phenoxy) is 1. The Bertz CT molecular complexity index is 430. The van der Waals surface area contributed by atoms with Crippen molar-refractivity contribution in [1.82, 2.24) is 10.3 Å². The first-order chi connectivity index (χ1) is 9.53. The number of hydrogen-bond acceptors (Lipinski definition) is 6. The maximum Gasteiger partial charge on any atom is 0.265 e. The van der Waals surface area contributed by atoms with Gasteiger partial charge in [0.15, 0.2) is 5.13 Å². The first kappa shape index (κ1) is 16.7. The van der Waals surface area contributed by atoms with Crippen LogP contribution in [0.15, 0.2) is 0 Å². The van der Waals surface area contributed by atoms with Crippen LogP contribution < -0.4 is 16.0 Å². The lowest BCUT2D eigenvalue weighted by atomic mass is 10.2. The van der Waals surface area contributed by atoms with Crippen molar-refractivity contribution in [1.29, 1.82) is 0 Å². The van der Waals surface area contributed by atoms with Crippen molar-refractivity contribution in [2.24, 2.45) is 0 Å². The van der Waals surface area contributed by atoms with Crippen molar-refractivity contribution in [3.63, 3.8) is 0 Å². The summed E-state index contributed by atoms with van der Waals surface area (Å²) in [6.45, 7) is 5.41. The molecule has 1 rings (SSSR count). The van der Waals surface area contributed by atoms with Gasteiger partial charge in [-0.3, -0.25) is 4.79 Å². The van der Waals surface area contributed by atoms with Crippen LogP contribution in [0.4, 0.5) is 10.9 Å². The molecule has 1 heterocycles. The average Bonchev–Trinajstić information content (AvgIpc) is 2.80. The van der Waals surface area contributed by atoms with E-state index in [0.717, 1.165) is 24.5 Å². The number of amides is 1. The normalized spacial score (nSPS) is 12.2. The van der Waals surface area contributed by atoms with Crippen LogP contribution in [0, 0.1) is 0 Å². The molecule has 6 nitrogen and oxygen atoms in total. The number of carbonyl (C=O) groups excluding carboxylic acids is 1. The van der Waals surface area contributed by atoms with Crippen LogP contribution in [0.2, 0.25) is 0 Å². The molecule has 3 N–H and O–H groups in total. The summed E-state index contributed by atoms with van der Waals surface area (Å²) < 4.78 is 5.12. The summed E-state index contributed by atoms with van der Waals surface area (Å²) in [7, 11) is 3.55. The van der Waals surface area contributed by atoms with E-state index in [2.05, 4.69) is 17.2 Å². The number of nitrogen functional groups attached to an aromatic ring is 1. The molecular formula is C13H24N4O2S.